The molecule has 0 amide bonds. The van der Waals surface area contributed by atoms with Crippen molar-refractivity contribution in [1.82, 2.24) is 4.97 Å². The van der Waals surface area contributed by atoms with Crippen molar-refractivity contribution in [2.45, 2.75) is 0 Å². The van der Waals surface area contributed by atoms with Gasteiger partial charge in [0.2, 0.25) is 17.2 Å². The van der Waals surface area contributed by atoms with Gasteiger partial charge in [0.1, 0.15) is 0 Å². The monoisotopic (exact) mass is 265 g/mol. The summed E-state index contributed by atoms with van der Waals surface area (Å²) in [6.07, 6.45) is 0. The Hall–Kier alpha value is -2.56. The lowest BCUT2D eigenvalue weighted by Crippen LogP contribution is -2.45. The molecule has 3 aromatic rings. The second-order valence-electron chi connectivity index (χ2n) is 4.66. The summed E-state index contributed by atoms with van der Waals surface area (Å²) in [4.78, 5) is 9.63. The highest BCUT2D eigenvalue weighted by Gasteiger charge is 2.37. The second-order valence-corrected chi connectivity index (χ2v) is 4.66. The van der Waals surface area contributed by atoms with E-state index in [0.29, 0.717) is 17.2 Å². The minimum absolute atomic E-state index is 0.396. The lowest BCUT2D eigenvalue weighted by molar-refractivity contribution is -0.169. The maximum absolute atomic E-state index is 12.6. The van der Waals surface area contributed by atoms with Gasteiger partial charge in [0.25, 0.3) is 0 Å². The Labute approximate surface area is 115 Å². The van der Waals surface area contributed by atoms with Gasteiger partial charge in [-0.15, -0.1) is 0 Å². The first-order chi connectivity index (χ1) is 9.74. The molecule has 0 fully saturated rings. The van der Waals surface area contributed by atoms with Crippen LogP contribution in [0.4, 0.5) is 5.69 Å². The van der Waals surface area contributed by atoms with E-state index in [-0.39, 0.29) is 0 Å². The lowest BCUT2D eigenvalue weighted by Gasteiger charge is -2.27. The zero-order valence-electron chi connectivity index (χ0n) is 10.5. The topological polar surface area (TPSA) is 41.5 Å². The number of quaternary nitrogens is 1. The number of hydrogen-bond acceptors (Lipinski definition) is 3. The van der Waals surface area contributed by atoms with E-state index in [0.717, 1.165) is 10.8 Å². The van der Waals surface area contributed by atoms with Gasteiger partial charge in [-0.2, -0.15) is 0 Å². The Bertz CT molecular complexity index is 742. The third kappa shape index (κ3) is 1.63. The van der Waals surface area contributed by atoms with E-state index >= 15 is 0 Å². The molecule has 0 aromatic heterocycles. The van der Waals surface area contributed by atoms with Crippen LogP contribution in [0.5, 0.6) is 11.5 Å². The average molecular weight is 265 g/mol. The van der Waals surface area contributed by atoms with Crippen LogP contribution >= 0.6 is 0 Å². The number of rotatable bonds is 1. The summed E-state index contributed by atoms with van der Waals surface area (Å²) in [6, 6.07) is 20.2. The molecule has 0 saturated carbocycles. The summed E-state index contributed by atoms with van der Waals surface area (Å²) in [5, 5.41) is 14.7. The van der Waals surface area contributed by atoms with Gasteiger partial charge in [0.15, 0.2) is 0 Å². The van der Waals surface area contributed by atoms with Crippen LogP contribution in [0.3, 0.4) is 0 Å². The van der Waals surface area contributed by atoms with Crippen LogP contribution in [0.15, 0.2) is 66.7 Å². The summed E-state index contributed by atoms with van der Waals surface area (Å²) in [5.74, 6) is 0.921. The predicted molar refractivity (Wildman–Crippen MR) is 76.8 cm³/mol. The molecule has 0 aliphatic carbocycles. The molecule has 4 nitrogen and oxygen atoms in total. The number of fused-ring (bicyclic) bond motifs is 2. The van der Waals surface area contributed by atoms with E-state index in [1.54, 1.807) is 24.3 Å². The molecule has 0 unspecified atom stereocenters. The molecule has 4 rings (SSSR count). The van der Waals surface area contributed by atoms with Crippen molar-refractivity contribution in [3.05, 3.63) is 71.9 Å². The summed E-state index contributed by atoms with van der Waals surface area (Å²) in [5.41, 5.74) is 0.396. The molecular formula is C16H11NO3. The fourth-order valence-corrected chi connectivity index (χ4v) is 2.33. The zero-order chi connectivity index (χ0) is 13.6. The summed E-state index contributed by atoms with van der Waals surface area (Å²) >= 11 is 0. The van der Waals surface area contributed by atoms with Crippen LogP contribution in [0.1, 0.15) is 0 Å². The SMILES string of the molecule is [O-][N+]1(c2ccccc2)Oc2cc3ccccc3cc2O1. The van der Waals surface area contributed by atoms with Gasteiger partial charge in [0.05, 0.1) is 4.97 Å². The molecule has 0 radical (unpaired) electrons. The van der Waals surface area contributed by atoms with Crippen molar-refractivity contribution in [3.8, 4) is 11.5 Å². The third-order valence-electron chi connectivity index (χ3n) is 3.32. The molecule has 0 spiro atoms. The minimum atomic E-state index is -1.27. The van der Waals surface area contributed by atoms with Gasteiger partial charge in [0, 0.05) is 12.1 Å². The van der Waals surface area contributed by atoms with Crippen molar-refractivity contribution in [2.24, 2.45) is 0 Å². The van der Waals surface area contributed by atoms with E-state index in [1.165, 1.54) is 0 Å². The van der Waals surface area contributed by atoms with Crippen LogP contribution in [0.2, 0.25) is 0 Å². The van der Waals surface area contributed by atoms with Gasteiger partial charge in [-0.1, -0.05) is 42.5 Å². The molecular weight excluding hydrogens is 254 g/mol. The fourth-order valence-electron chi connectivity index (χ4n) is 2.33. The molecule has 0 atom stereocenters. The Morgan fingerprint density at radius 3 is 1.75 bits per heavy atom. The summed E-state index contributed by atoms with van der Waals surface area (Å²) < 4.78 is 0. The van der Waals surface area contributed by atoms with Crippen LogP contribution in [-0.2, 0) is 0 Å². The number of nitrogens with zero attached hydrogens (tertiary/aromatic N) is 1. The van der Waals surface area contributed by atoms with Gasteiger partial charge >= 0.3 is 0 Å². The van der Waals surface area contributed by atoms with Crippen molar-refractivity contribution < 1.29 is 9.68 Å². The Balaban J connectivity index is 1.82. The first-order valence-corrected chi connectivity index (χ1v) is 6.32. The van der Waals surface area contributed by atoms with E-state index in [2.05, 4.69) is 0 Å². The Morgan fingerprint density at radius 2 is 1.20 bits per heavy atom. The number of benzene rings is 3. The largest absolute Gasteiger partial charge is 0.539 e. The second kappa shape index (κ2) is 3.96. The fraction of sp³-hybridized carbons (Fsp3) is 0. The molecule has 0 saturated heterocycles. The summed E-state index contributed by atoms with van der Waals surface area (Å²) in [7, 11) is 0. The van der Waals surface area contributed by atoms with E-state index < -0.39 is 4.97 Å². The van der Waals surface area contributed by atoms with E-state index in [4.69, 9.17) is 9.68 Å². The van der Waals surface area contributed by atoms with Crippen LogP contribution in [0.25, 0.3) is 10.8 Å². The van der Waals surface area contributed by atoms with Crippen molar-refractivity contribution in [1.29, 1.82) is 0 Å². The lowest BCUT2D eigenvalue weighted by atomic mass is 10.1. The van der Waals surface area contributed by atoms with Crippen LogP contribution < -0.4 is 14.6 Å². The highest BCUT2D eigenvalue weighted by molar-refractivity contribution is 5.86. The maximum atomic E-state index is 12.6. The van der Waals surface area contributed by atoms with Crippen molar-refractivity contribution in [3.63, 3.8) is 0 Å². The van der Waals surface area contributed by atoms with Crippen LogP contribution in [-0.4, -0.2) is 0 Å². The predicted octanol–water partition coefficient (Wildman–Crippen LogP) is 3.95. The molecule has 4 heteroatoms. The van der Waals surface area contributed by atoms with Crippen molar-refractivity contribution in [2.75, 3.05) is 0 Å². The first-order valence-electron chi connectivity index (χ1n) is 6.32. The highest BCUT2D eigenvalue weighted by atomic mass is 17.2. The smallest absolute Gasteiger partial charge is 0.246 e. The molecule has 1 aliphatic heterocycles. The minimum Gasteiger partial charge on any atom is -0.539 e. The zero-order valence-corrected chi connectivity index (χ0v) is 10.5. The van der Waals surface area contributed by atoms with Crippen molar-refractivity contribution >= 4 is 16.5 Å². The number of hydrogen-bond donors (Lipinski definition) is 0. The molecule has 1 aliphatic rings. The molecule has 98 valence electrons. The quantitative estimate of drug-likeness (QED) is 0.494. The molecule has 0 bridgehead atoms. The normalized spacial score (nSPS) is 15.4. The van der Waals surface area contributed by atoms with Crippen LogP contribution in [0, 0.1) is 5.21 Å². The maximum Gasteiger partial charge on any atom is 0.246 e. The van der Waals surface area contributed by atoms with E-state index in [9.17, 15) is 5.21 Å². The molecule has 3 aromatic carbocycles. The third-order valence-corrected chi connectivity index (χ3v) is 3.32. The molecule has 20 heavy (non-hydrogen) atoms. The standard InChI is InChI=1S/C16H11NO3/c18-17(14-8-2-1-3-9-14)19-15-10-12-6-4-5-7-13(12)11-16(15)20-17/h1-11H. The van der Waals surface area contributed by atoms with Gasteiger partial charge in [-0.05, 0) is 22.9 Å². The van der Waals surface area contributed by atoms with Gasteiger partial charge in [-0.25, -0.2) is 0 Å². The molecule has 0 N–H and O–H groups in total. The summed E-state index contributed by atoms with van der Waals surface area (Å²) in [6.45, 7) is 0. The molecule has 1 heterocycles. The van der Waals surface area contributed by atoms with E-state index in [1.807, 2.05) is 42.5 Å². The first kappa shape index (κ1) is 11.3. The van der Waals surface area contributed by atoms with Gasteiger partial charge in [-0.3, -0.25) is 9.68 Å². The Kier molecular flexibility index (Phi) is 2.24. The average Bonchev–Trinajstić information content (AvgIpc) is 2.82. The highest BCUT2D eigenvalue weighted by Crippen LogP contribution is 2.42. The van der Waals surface area contributed by atoms with Gasteiger partial charge < -0.3 is 5.21 Å². The Morgan fingerprint density at radius 1 is 0.700 bits per heavy atom.